The van der Waals surface area contributed by atoms with E-state index in [1.54, 1.807) is 36.4 Å². The molecule has 0 saturated heterocycles. The van der Waals surface area contributed by atoms with Gasteiger partial charge < -0.3 is 14.8 Å². The number of hydrogen-bond donors (Lipinski definition) is 1. The van der Waals surface area contributed by atoms with Crippen LogP contribution in [-0.4, -0.2) is 45.6 Å². The molecule has 0 spiro atoms. The summed E-state index contributed by atoms with van der Waals surface area (Å²) in [5.74, 6) is 0.331. The van der Waals surface area contributed by atoms with Crippen molar-refractivity contribution in [2.75, 3.05) is 19.0 Å². The van der Waals surface area contributed by atoms with Crippen LogP contribution in [-0.2, 0) is 4.79 Å². The third kappa shape index (κ3) is 4.46. The van der Waals surface area contributed by atoms with E-state index in [0.717, 1.165) is 0 Å². The lowest BCUT2D eigenvalue weighted by molar-refractivity contribution is -0.118. The van der Waals surface area contributed by atoms with Crippen molar-refractivity contribution in [2.24, 2.45) is 0 Å². The predicted octanol–water partition coefficient (Wildman–Crippen LogP) is 1.89. The molecule has 0 aliphatic carbocycles. The molecule has 0 atom stereocenters. The van der Waals surface area contributed by atoms with Crippen molar-refractivity contribution >= 4 is 17.4 Å². The average molecular weight is 367 g/mol. The van der Waals surface area contributed by atoms with E-state index < -0.39 is 0 Å². The van der Waals surface area contributed by atoms with Crippen LogP contribution in [0.5, 0.6) is 11.5 Å². The molecule has 3 rings (SSSR count). The van der Waals surface area contributed by atoms with Crippen LogP contribution in [0.2, 0.25) is 0 Å². The van der Waals surface area contributed by atoms with Gasteiger partial charge in [-0.2, -0.15) is 0 Å². The Labute approximate surface area is 154 Å². The minimum Gasteiger partial charge on any atom is -0.493 e. The number of ether oxygens (including phenoxy) is 2. The van der Waals surface area contributed by atoms with Crippen molar-refractivity contribution in [3.8, 4) is 17.2 Å². The van der Waals surface area contributed by atoms with Crippen molar-refractivity contribution in [2.45, 2.75) is 6.92 Å². The maximum Gasteiger partial charge on any atom is 0.262 e. The number of methoxy groups -OCH3 is 1. The van der Waals surface area contributed by atoms with Gasteiger partial charge in [-0.25, -0.2) is 4.68 Å². The third-order valence-electron chi connectivity index (χ3n) is 3.67. The highest BCUT2D eigenvalue weighted by Crippen LogP contribution is 2.28. The Kier molecular flexibility index (Phi) is 5.41. The number of hydrogen-bond acceptors (Lipinski definition) is 7. The predicted molar refractivity (Wildman–Crippen MR) is 96.3 cm³/mol. The van der Waals surface area contributed by atoms with E-state index in [0.29, 0.717) is 28.4 Å². The molecule has 9 nitrogen and oxygen atoms in total. The van der Waals surface area contributed by atoms with Crippen molar-refractivity contribution in [3.05, 3.63) is 54.4 Å². The highest BCUT2D eigenvalue weighted by molar-refractivity contribution is 5.95. The van der Waals surface area contributed by atoms with Crippen LogP contribution in [0.4, 0.5) is 5.69 Å². The lowest BCUT2D eigenvalue weighted by atomic mass is 10.1. The topological polar surface area (TPSA) is 108 Å². The molecule has 1 amide bonds. The smallest absolute Gasteiger partial charge is 0.262 e. The van der Waals surface area contributed by atoms with Crippen molar-refractivity contribution in [1.82, 2.24) is 20.2 Å². The van der Waals surface area contributed by atoms with Crippen LogP contribution >= 0.6 is 0 Å². The normalized spacial score (nSPS) is 10.3. The summed E-state index contributed by atoms with van der Waals surface area (Å²) in [5.41, 5.74) is 1.79. The van der Waals surface area contributed by atoms with Gasteiger partial charge in [0.15, 0.2) is 23.9 Å². The molecule has 27 heavy (non-hydrogen) atoms. The number of tetrazole rings is 1. The summed E-state index contributed by atoms with van der Waals surface area (Å²) in [6, 6.07) is 11.9. The minimum absolute atomic E-state index is 0.0833. The zero-order valence-corrected chi connectivity index (χ0v) is 14.7. The van der Waals surface area contributed by atoms with Crippen LogP contribution in [0.25, 0.3) is 5.69 Å². The Morgan fingerprint density at radius 2 is 2.00 bits per heavy atom. The highest BCUT2D eigenvalue weighted by atomic mass is 16.5. The number of aromatic nitrogens is 4. The molecule has 1 aromatic heterocycles. The quantitative estimate of drug-likeness (QED) is 0.635. The fourth-order valence-corrected chi connectivity index (χ4v) is 2.35. The van der Waals surface area contributed by atoms with Gasteiger partial charge in [0.1, 0.15) is 6.33 Å². The van der Waals surface area contributed by atoms with E-state index in [9.17, 15) is 9.59 Å². The van der Waals surface area contributed by atoms with Gasteiger partial charge in [0, 0.05) is 11.3 Å². The van der Waals surface area contributed by atoms with Crippen molar-refractivity contribution in [3.63, 3.8) is 0 Å². The van der Waals surface area contributed by atoms with Gasteiger partial charge in [-0.1, -0.05) is 6.07 Å². The zero-order chi connectivity index (χ0) is 19.2. The molecule has 0 radical (unpaired) electrons. The van der Waals surface area contributed by atoms with Gasteiger partial charge in [-0.05, 0) is 53.7 Å². The Morgan fingerprint density at radius 1 is 1.15 bits per heavy atom. The second kappa shape index (κ2) is 8.09. The molecule has 9 heteroatoms. The summed E-state index contributed by atoms with van der Waals surface area (Å²) in [7, 11) is 1.47. The highest BCUT2D eigenvalue weighted by Gasteiger charge is 2.11. The first kappa shape index (κ1) is 18.1. The number of amides is 1. The molecule has 0 aliphatic heterocycles. The summed E-state index contributed by atoms with van der Waals surface area (Å²) in [6.07, 6.45) is 1.46. The molecular formula is C18H17N5O4. The number of Topliss-reactive ketones (excluding diaryl/α,β-unsaturated/α-hetero) is 1. The molecule has 3 aromatic rings. The Morgan fingerprint density at radius 3 is 2.70 bits per heavy atom. The van der Waals surface area contributed by atoms with E-state index >= 15 is 0 Å². The second-order valence-electron chi connectivity index (χ2n) is 5.56. The molecule has 0 unspecified atom stereocenters. The number of ketones is 1. The fourth-order valence-electron chi connectivity index (χ4n) is 2.35. The molecule has 138 valence electrons. The van der Waals surface area contributed by atoms with E-state index in [4.69, 9.17) is 9.47 Å². The third-order valence-corrected chi connectivity index (χ3v) is 3.67. The number of nitrogens with zero attached hydrogens (tertiary/aromatic N) is 4. The maximum atomic E-state index is 12.2. The summed E-state index contributed by atoms with van der Waals surface area (Å²) in [5, 5.41) is 13.7. The van der Waals surface area contributed by atoms with E-state index in [1.807, 2.05) is 6.07 Å². The summed E-state index contributed by atoms with van der Waals surface area (Å²) >= 11 is 0. The first-order valence-electron chi connectivity index (χ1n) is 8.02. The van der Waals surface area contributed by atoms with E-state index in [2.05, 4.69) is 20.8 Å². The average Bonchev–Trinajstić information content (AvgIpc) is 3.21. The van der Waals surface area contributed by atoms with Gasteiger partial charge in [0.05, 0.1) is 12.8 Å². The first-order valence-corrected chi connectivity index (χ1v) is 8.02. The van der Waals surface area contributed by atoms with Crippen LogP contribution in [0, 0.1) is 0 Å². The van der Waals surface area contributed by atoms with Gasteiger partial charge in [-0.3, -0.25) is 9.59 Å². The molecule has 0 fully saturated rings. The number of benzene rings is 2. The number of nitrogens with one attached hydrogen (secondary N) is 1. The van der Waals surface area contributed by atoms with Crippen molar-refractivity contribution in [1.29, 1.82) is 0 Å². The summed E-state index contributed by atoms with van der Waals surface area (Å²) in [6.45, 7) is 1.25. The van der Waals surface area contributed by atoms with Gasteiger partial charge in [0.2, 0.25) is 0 Å². The minimum atomic E-state index is -0.346. The van der Waals surface area contributed by atoms with Crippen molar-refractivity contribution < 1.29 is 19.1 Å². The summed E-state index contributed by atoms with van der Waals surface area (Å²) in [4.78, 5) is 23.6. The van der Waals surface area contributed by atoms with Crippen LogP contribution in [0.3, 0.4) is 0 Å². The monoisotopic (exact) mass is 367 g/mol. The van der Waals surface area contributed by atoms with Crippen LogP contribution < -0.4 is 14.8 Å². The standard InChI is InChI=1S/C18H17N5O4/c1-12(24)13-6-7-16(17(8-13)26-2)27-10-18(25)20-14-4-3-5-15(9-14)23-11-19-21-22-23/h3-9,11H,10H2,1-2H3,(H,20,25). The second-order valence-corrected chi connectivity index (χ2v) is 5.56. The van der Waals surface area contributed by atoms with Gasteiger partial charge in [-0.15, -0.1) is 5.10 Å². The fraction of sp³-hybridized carbons (Fsp3) is 0.167. The molecule has 1 N–H and O–H groups in total. The Balaban J connectivity index is 1.63. The molecule has 0 saturated carbocycles. The first-order chi connectivity index (χ1) is 13.1. The van der Waals surface area contributed by atoms with Crippen LogP contribution in [0.15, 0.2) is 48.8 Å². The number of anilines is 1. The lowest BCUT2D eigenvalue weighted by Gasteiger charge is -2.12. The molecule has 2 aromatic carbocycles. The maximum absolute atomic E-state index is 12.2. The van der Waals surface area contributed by atoms with E-state index in [-0.39, 0.29) is 18.3 Å². The number of carbonyl (C=O) groups excluding carboxylic acids is 2. The summed E-state index contributed by atoms with van der Waals surface area (Å²) < 4.78 is 12.2. The molecular weight excluding hydrogens is 350 g/mol. The Bertz CT molecular complexity index is 956. The number of carbonyl (C=O) groups is 2. The molecule has 0 aliphatic rings. The largest absolute Gasteiger partial charge is 0.493 e. The van der Waals surface area contributed by atoms with E-state index in [1.165, 1.54) is 25.0 Å². The Hall–Kier alpha value is -3.75. The molecule has 1 heterocycles. The molecule has 0 bridgehead atoms. The van der Waals surface area contributed by atoms with Gasteiger partial charge >= 0.3 is 0 Å². The number of rotatable bonds is 7. The van der Waals surface area contributed by atoms with Crippen LogP contribution in [0.1, 0.15) is 17.3 Å². The zero-order valence-electron chi connectivity index (χ0n) is 14.7. The SMILES string of the molecule is COc1cc(C(C)=O)ccc1OCC(=O)Nc1cccc(-n2cnnn2)c1. The van der Waals surface area contributed by atoms with Gasteiger partial charge in [0.25, 0.3) is 5.91 Å². The lowest BCUT2D eigenvalue weighted by Crippen LogP contribution is -2.20.